The van der Waals surface area contributed by atoms with Gasteiger partial charge in [0.15, 0.2) is 5.82 Å². The van der Waals surface area contributed by atoms with Gasteiger partial charge in [0.1, 0.15) is 11.6 Å². The van der Waals surface area contributed by atoms with Crippen molar-refractivity contribution in [3.8, 4) is 0 Å². The first-order valence-corrected chi connectivity index (χ1v) is 6.96. The summed E-state index contributed by atoms with van der Waals surface area (Å²) >= 11 is 6.01. The normalized spacial score (nSPS) is 16.1. The lowest BCUT2D eigenvalue weighted by Gasteiger charge is -2.03. The zero-order chi connectivity index (χ0) is 13.2. The Labute approximate surface area is 116 Å². The highest BCUT2D eigenvalue weighted by atomic mass is 35.5. The number of H-pyrrole nitrogens is 1. The summed E-state index contributed by atoms with van der Waals surface area (Å²) in [7, 11) is 0. The molecule has 1 fully saturated rings. The summed E-state index contributed by atoms with van der Waals surface area (Å²) < 4.78 is 13.7. The molecule has 1 aromatic carbocycles. The number of nitrogens with one attached hydrogen (secondary N) is 1. The maximum Gasteiger partial charge on any atom is 0.153 e. The molecular weight excluding hydrogens is 265 g/mol. The topological polar surface area (TPSA) is 41.6 Å². The third-order valence-corrected chi connectivity index (χ3v) is 4.03. The largest absolute Gasteiger partial charge is 0.263 e. The van der Waals surface area contributed by atoms with Crippen molar-refractivity contribution in [3.05, 3.63) is 46.3 Å². The van der Waals surface area contributed by atoms with Crippen LogP contribution in [0.15, 0.2) is 18.2 Å². The van der Waals surface area contributed by atoms with Crippen molar-refractivity contribution < 1.29 is 4.39 Å². The number of hydrogen-bond donors (Lipinski definition) is 1. The molecule has 0 spiro atoms. The summed E-state index contributed by atoms with van der Waals surface area (Å²) in [6.07, 6.45) is 5.14. The van der Waals surface area contributed by atoms with Gasteiger partial charge in [-0.3, -0.25) is 5.10 Å². The number of aromatic amines is 1. The Morgan fingerprint density at radius 2 is 2.11 bits per heavy atom. The SMILES string of the molecule is Fc1cccc(Cl)c1Cc1nc(C2CCCC2)n[nH]1. The molecule has 0 saturated heterocycles. The van der Waals surface area contributed by atoms with Crippen LogP contribution in [0.1, 0.15) is 48.8 Å². The van der Waals surface area contributed by atoms with Crippen LogP contribution in [0.3, 0.4) is 0 Å². The fraction of sp³-hybridized carbons (Fsp3) is 0.429. The standard InChI is InChI=1S/C14H15ClFN3/c15-11-6-3-7-12(16)10(11)8-13-17-14(19-18-13)9-4-1-2-5-9/h3,6-7,9H,1-2,4-5,8H2,(H,17,18,19). The van der Waals surface area contributed by atoms with Crippen molar-refractivity contribution in [1.29, 1.82) is 0 Å². The van der Waals surface area contributed by atoms with Crippen LogP contribution in [-0.4, -0.2) is 15.2 Å². The van der Waals surface area contributed by atoms with E-state index in [1.54, 1.807) is 12.1 Å². The number of nitrogens with zero attached hydrogens (tertiary/aromatic N) is 2. The van der Waals surface area contributed by atoms with E-state index in [-0.39, 0.29) is 5.82 Å². The average molecular weight is 280 g/mol. The van der Waals surface area contributed by atoms with E-state index in [2.05, 4.69) is 15.2 Å². The highest BCUT2D eigenvalue weighted by molar-refractivity contribution is 6.31. The van der Waals surface area contributed by atoms with Gasteiger partial charge in [-0.25, -0.2) is 9.37 Å². The van der Waals surface area contributed by atoms with E-state index in [0.717, 1.165) is 18.7 Å². The van der Waals surface area contributed by atoms with E-state index in [9.17, 15) is 4.39 Å². The maximum absolute atomic E-state index is 13.7. The summed E-state index contributed by atoms with van der Waals surface area (Å²) in [6, 6.07) is 4.70. The molecule has 0 aliphatic heterocycles. The number of benzene rings is 1. The molecule has 5 heteroatoms. The minimum atomic E-state index is -0.300. The predicted molar refractivity (Wildman–Crippen MR) is 71.8 cm³/mol. The van der Waals surface area contributed by atoms with Gasteiger partial charge in [0, 0.05) is 22.9 Å². The molecule has 1 aromatic heterocycles. The predicted octanol–water partition coefficient (Wildman–Crippen LogP) is 3.85. The van der Waals surface area contributed by atoms with Crippen LogP contribution in [0.25, 0.3) is 0 Å². The molecule has 1 heterocycles. The highest BCUT2D eigenvalue weighted by Crippen LogP contribution is 2.32. The molecule has 0 atom stereocenters. The molecule has 1 aliphatic rings. The van der Waals surface area contributed by atoms with Crippen molar-refractivity contribution in [2.75, 3.05) is 0 Å². The lowest BCUT2D eigenvalue weighted by atomic mass is 10.1. The Morgan fingerprint density at radius 1 is 1.32 bits per heavy atom. The Hall–Kier alpha value is -1.42. The van der Waals surface area contributed by atoms with Crippen LogP contribution in [0.2, 0.25) is 5.02 Å². The van der Waals surface area contributed by atoms with Gasteiger partial charge in [-0.2, -0.15) is 5.10 Å². The zero-order valence-electron chi connectivity index (χ0n) is 10.5. The number of halogens is 2. The van der Waals surface area contributed by atoms with Crippen LogP contribution in [0, 0.1) is 5.82 Å². The lowest BCUT2D eigenvalue weighted by molar-refractivity contribution is 0.612. The molecule has 2 aromatic rings. The average Bonchev–Trinajstić information content (AvgIpc) is 3.04. The summed E-state index contributed by atoms with van der Waals surface area (Å²) in [5.41, 5.74) is 0.471. The van der Waals surface area contributed by atoms with E-state index < -0.39 is 0 Å². The van der Waals surface area contributed by atoms with Crippen molar-refractivity contribution >= 4 is 11.6 Å². The molecule has 1 N–H and O–H groups in total. The molecule has 3 rings (SSSR count). The molecule has 0 amide bonds. The second kappa shape index (κ2) is 5.29. The van der Waals surface area contributed by atoms with E-state index in [4.69, 9.17) is 11.6 Å². The number of rotatable bonds is 3. The first-order valence-electron chi connectivity index (χ1n) is 6.58. The summed E-state index contributed by atoms with van der Waals surface area (Å²) in [5, 5.41) is 7.58. The Bertz CT molecular complexity index is 556. The van der Waals surface area contributed by atoms with Crippen molar-refractivity contribution in [3.63, 3.8) is 0 Å². The third-order valence-electron chi connectivity index (χ3n) is 3.68. The van der Waals surface area contributed by atoms with Gasteiger partial charge in [-0.05, 0) is 25.0 Å². The minimum Gasteiger partial charge on any atom is -0.263 e. The molecule has 1 saturated carbocycles. The van der Waals surface area contributed by atoms with E-state index in [1.807, 2.05) is 0 Å². The molecule has 100 valence electrons. The summed E-state index contributed by atoms with van der Waals surface area (Å²) in [5.74, 6) is 1.70. The van der Waals surface area contributed by atoms with Crippen LogP contribution >= 0.6 is 11.6 Å². The van der Waals surface area contributed by atoms with Crippen LogP contribution in [0.4, 0.5) is 4.39 Å². The first-order chi connectivity index (χ1) is 9.24. The zero-order valence-corrected chi connectivity index (χ0v) is 11.3. The molecular formula is C14H15ClFN3. The molecule has 3 nitrogen and oxygen atoms in total. The quantitative estimate of drug-likeness (QED) is 0.927. The Morgan fingerprint density at radius 3 is 2.84 bits per heavy atom. The van der Waals surface area contributed by atoms with Gasteiger partial charge in [0.25, 0.3) is 0 Å². The Kier molecular flexibility index (Phi) is 3.51. The van der Waals surface area contributed by atoms with E-state index >= 15 is 0 Å². The second-order valence-electron chi connectivity index (χ2n) is 5.00. The van der Waals surface area contributed by atoms with Crippen molar-refractivity contribution in [1.82, 2.24) is 15.2 Å². The van der Waals surface area contributed by atoms with Crippen LogP contribution < -0.4 is 0 Å². The van der Waals surface area contributed by atoms with E-state index in [1.165, 1.54) is 18.9 Å². The Balaban J connectivity index is 1.80. The van der Waals surface area contributed by atoms with Gasteiger partial charge in [0.2, 0.25) is 0 Å². The summed E-state index contributed by atoms with van der Waals surface area (Å²) in [4.78, 5) is 4.48. The summed E-state index contributed by atoms with van der Waals surface area (Å²) in [6.45, 7) is 0. The second-order valence-corrected chi connectivity index (χ2v) is 5.41. The molecule has 19 heavy (non-hydrogen) atoms. The molecule has 0 bridgehead atoms. The fourth-order valence-electron chi connectivity index (χ4n) is 2.62. The van der Waals surface area contributed by atoms with Gasteiger partial charge in [0.05, 0.1) is 0 Å². The number of hydrogen-bond acceptors (Lipinski definition) is 2. The molecule has 1 aliphatic carbocycles. The molecule has 0 unspecified atom stereocenters. The van der Waals surface area contributed by atoms with Crippen LogP contribution in [0.5, 0.6) is 0 Å². The maximum atomic E-state index is 13.7. The highest BCUT2D eigenvalue weighted by Gasteiger charge is 2.21. The number of aromatic nitrogens is 3. The van der Waals surface area contributed by atoms with Gasteiger partial charge >= 0.3 is 0 Å². The first kappa shape index (κ1) is 12.6. The van der Waals surface area contributed by atoms with Gasteiger partial charge < -0.3 is 0 Å². The van der Waals surface area contributed by atoms with Crippen molar-refractivity contribution in [2.45, 2.75) is 38.0 Å². The monoisotopic (exact) mass is 279 g/mol. The van der Waals surface area contributed by atoms with Crippen molar-refractivity contribution in [2.24, 2.45) is 0 Å². The lowest BCUT2D eigenvalue weighted by Crippen LogP contribution is -1.97. The van der Waals surface area contributed by atoms with Gasteiger partial charge in [-0.1, -0.05) is 30.5 Å². The van der Waals surface area contributed by atoms with Crippen LogP contribution in [-0.2, 0) is 6.42 Å². The smallest absolute Gasteiger partial charge is 0.153 e. The third kappa shape index (κ3) is 2.63. The minimum absolute atomic E-state index is 0.300. The fourth-order valence-corrected chi connectivity index (χ4v) is 2.85. The van der Waals surface area contributed by atoms with E-state index in [0.29, 0.717) is 28.7 Å². The molecule has 0 radical (unpaired) electrons. The van der Waals surface area contributed by atoms with Gasteiger partial charge in [-0.15, -0.1) is 0 Å².